The molecule has 0 N–H and O–H groups in total. The van der Waals surface area contributed by atoms with Gasteiger partial charge in [-0.2, -0.15) is 0 Å². The van der Waals surface area contributed by atoms with Crippen molar-refractivity contribution in [3.05, 3.63) is 0 Å². The van der Waals surface area contributed by atoms with E-state index in [0.717, 1.165) is 0 Å². The van der Waals surface area contributed by atoms with Gasteiger partial charge in [-0.3, -0.25) is 0 Å². The van der Waals surface area contributed by atoms with Gasteiger partial charge in [-0.25, -0.2) is 0 Å². The fourth-order valence-electron chi connectivity index (χ4n) is 1.64. The Labute approximate surface area is 97.9 Å². The lowest BCUT2D eigenvalue weighted by atomic mass is 10.3. The standard InChI is InChI=1S/C10H23IOSi/c1-5-13(6-2,7-3)12-10(4)8-9-11/h10H,5-9H2,1-4H3/t10-/m0/s1. The second-order valence-electron chi connectivity index (χ2n) is 3.65. The van der Waals surface area contributed by atoms with Gasteiger partial charge in [0.25, 0.3) is 0 Å². The van der Waals surface area contributed by atoms with Crippen LogP contribution >= 0.6 is 22.6 Å². The van der Waals surface area contributed by atoms with Gasteiger partial charge in [0.15, 0.2) is 8.32 Å². The Morgan fingerprint density at radius 3 is 1.92 bits per heavy atom. The first kappa shape index (κ1) is 13.9. The van der Waals surface area contributed by atoms with Crippen LogP contribution in [0, 0.1) is 0 Å². The predicted octanol–water partition coefficient (Wildman–Crippen LogP) is 4.22. The average molecular weight is 314 g/mol. The van der Waals surface area contributed by atoms with Crippen LogP contribution in [0.1, 0.15) is 34.1 Å². The lowest BCUT2D eigenvalue weighted by molar-refractivity contribution is 0.203. The molecule has 0 rings (SSSR count). The molecule has 0 amide bonds. The van der Waals surface area contributed by atoms with Crippen LogP contribution < -0.4 is 0 Å². The second-order valence-corrected chi connectivity index (χ2v) is 9.45. The molecule has 1 atom stereocenters. The molecule has 0 aromatic heterocycles. The van der Waals surface area contributed by atoms with Crippen molar-refractivity contribution in [1.29, 1.82) is 0 Å². The maximum atomic E-state index is 6.26. The van der Waals surface area contributed by atoms with Gasteiger partial charge in [-0.15, -0.1) is 0 Å². The Morgan fingerprint density at radius 1 is 1.15 bits per heavy atom. The summed E-state index contributed by atoms with van der Waals surface area (Å²) < 4.78 is 7.47. The van der Waals surface area contributed by atoms with E-state index in [4.69, 9.17) is 4.43 Å². The Bertz CT molecular complexity index is 118. The molecule has 0 saturated heterocycles. The summed E-state index contributed by atoms with van der Waals surface area (Å²) in [5, 5.41) is 0. The molecule has 0 aliphatic heterocycles. The minimum atomic E-state index is -1.32. The summed E-state index contributed by atoms with van der Waals surface area (Å²) in [6, 6.07) is 3.81. The maximum Gasteiger partial charge on any atom is 0.192 e. The van der Waals surface area contributed by atoms with Gasteiger partial charge < -0.3 is 4.43 Å². The molecule has 0 spiro atoms. The van der Waals surface area contributed by atoms with E-state index < -0.39 is 8.32 Å². The molecule has 0 heterocycles. The van der Waals surface area contributed by atoms with E-state index in [9.17, 15) is 0 Å². The van der Waals surface area contributed by atoms with Crippen LogP contribution in [0.5, 0.6) is 0 Å². The molecule has 0 aromatic rings. The van der Waals surface area contributed by atoms with E-state index in [-0.39, 0.29) is 0 Å². The molecule has 13 heavy (non-hydrogen) atoms. The highest BCUT2D eigenvalue weighted by Crippen LogP contribution is 2.24. The van der Waals surface area contributed by atoms with Gasteiger partial charge in [-0.1, -0.05) is 43.4 Å². The Kier molecular flexibility index (Phi) is 7.74. The summed E-state index contributed by atoms with van der Waals surface area (Å²) in [5.74, 6) is 0. The molecule has 0 unspecified atom stereocenters. The van der Waals surface area contributed by atoms with E-state index in [1.165, 1.54) is 29.0 Å². The largest absolute Gasteiger partial charge is 0.414 e. The highest BCUT2D eigenvalue weighted by molar-refractivity contribution is 14.1. The number of hydrogen-bond acceptors (Lipinski definition) is 1. The second kappa shape index (κ2) is 7.23. The molecule has 80 valence electrons. The van der Waals surface area contributed by atoms with Crippen LogP contribution in [0.4, 0.5) is 0 Å². The SMILES string of the molecule is CC[Si](CC)(CC)O[C@@H](C)CCI. The van der Waals surface area contributed by atoms with Gasteiger partial charge in [-0.05, 0) is 31.5 Å². The molecule has 0 radical (unpaired) electrons. The van der Waals surface area contributed by atoms with Crippen LogP contribution in [0.2, 0.25) is 18.1 Å². The zero-order valence-corrected chi connectivity index (χ0v) is 12.6. The van der Waals surface area contributed by atoms with Crippen molar-refractivity contribution in [3.8, 4) is 0 Å². The number of rotatable bonds is 7. The van der Waals surface area contributed by atoms with Crippen molar-refractivity contribution in [2.45, 2.75) is 58.4 Å². The fraction of sp³-hybridized carbons (Fsp3) is 1.00. The summed E-state index contributed by atoms with van der Waals surface area (Å²) in [7, 11) is -1.32. The third-order valence-corrected chi connectivity index (χ3v) is 8.29. The minimum Gasteiger partial charge on any atom is -0.414 e. The van der Waals surface area contributed by atoms with Gasteiger partial charge in [0.1, 0.15) is 0 Å². The maximum absolute atomic E-state index is 6.26. The lowest BCUT2D eigenvalue weighted by Gasteiger charge is -2.31. The smallest absolute Gasteiger partial charge is 0.192 e. The molecule has 0 saturated carbocycles. The number of halogens is 1. The van der Waals surface area contributed by atoms with Crippen LogP contribution in [-0.4, -0.2) is 18.8 Å². The summed E-state index contributed by atoms with van der Waals surface area (Å²) in [6.45, 7) is 9.09. The Balaban J connectivity index is 4.07. The monoisotopic (exact) mass is 314 g/mol. The predicted molar refractivity (Wildman–Crippen MR) is 71.2 cm³/mol. The summed E-state index contributed by atoms with van der Waals surface area (Å²) in [6.07, 6.45) is 1.68. The molecule has 0 aromatic carbocycles. The molecular weight excluding hydrogens is 291 g/mol. The van der Waals surface area contributed by atoms with Crippen LogP contribution in [-0.2, 0) is 4.43 Å². The van der Waals surface area contributed by atoms with Crippen molar-refractivity contribution >= 4 is 30.9 Å². The molecule has 0 aliphatic rings. The van der Waals surface area contributed by atoms with Crippen molar-refractivity contribution in [1.82, 2.24) is 0 Å². The third-order valence-electron chi connectivity index (χ3n) is 2.90. The molecule has 3 heteroatoms. The zero-order valence-electron chi connectivity index (χ0n) is 9.40. The topological polar surface area (TPSA) is 9.23 Å². The summed E-state index contributed by atoms with van der Waals surface area (Å²) >= 11 is 2.43. The van der Waals surface area contributed by atoms with Crippen molar-refractivity contribution in [2.24, 2.45) is 0 Å². The summed E-state index contributed by atoms with van der Waals surface area (Å²) in [5.41, 5.74) is 0. The fourth-order valence-corrected chi connectivity index (χ4v) is 5.49. The normalized spacial score (nSPS) is 14.5. The highest BCUT2D eigenvalue weighted by atomic mass is 127. The van der Waals surface area contributed by atoms with Crippen molar-refractivity contribution < 1.29 is 4.43 Å². The van der Waals surface area contributed by atoms with Gasteiger partial charge >= 0.3 is 0 Å². The van der Waals surface area contributed by atoms with E-state index in [1.54, 1.807) is 0 Å². The first-order valence-electron chi connectivity index (χ1n) is 5.37. The first-order chi connectivity index (χ1) is 6.14. The average Bonchev–Trinajstić information content (AvgIpc) is 2.15. The molecule has 0 bridgehead atoms. The molecule has 0 aliphatic carbocycles. The van der Waals surface area contributed by atoms with E-state index in [2.05, 4.69) is 50.3 Å². The van der Waals surface area contributed by atoms with Crippen LogP contribution in [0.3, 0.4) is 0 Å². The quantitative estimate of drug-likeness (QED) is 0.388. The molecular formula is C10H23IOSi. The van der Waals surface area contributed by atoms with Crippen LogP contribution in [0.25, 0.3) is 0 Å². The first-order valence-corrected chi connectivity index (χ1v) is 9.43. The van der Waals surface area contributed by atoms with E-state index in [0.29, 0.717) is 6.10 Å². The van der Waals surface area contributed by atoms with E-state index >= 15 is 0 Å². The van der Waals surface area contributed by atoms with Crippen LogP contribution in [0.15, 0.2) is 0 Å². The Morgan fingerprint density at radius 2 is 1.62 bits per heavy atom. The molecule has 1 nitrogen and oxygen atoms in total. The Hall–Kier alpha value is 0.907. The van der Waals surface area contributed by atoms with Crippen molar-refractivity contribution in [2.75, 3.05) is 4.43 Å². The van der Waals surface area contributed by atoms with Crippen molar-refractivity contribution in [3.63, 3.8) is 0 Å². The number of hydrogen-bond donors (Lipinski definition) is 0. The van der Waals surface area contributed by atoms with E-state index in [1.807, 2.05) is 0 Å². The van der Waals surface area contributed by atoms with Gasteiger partial charge in [0.05, 0.1) is 0 Å². The molecule has 0 fully saturated rings. The van der Waals surface area contributed by atoms with Gasteiger partial charge in [0, 0.05) is 10.5 Å². The third kappa shape index (κ3) is 4.79. The van der Waals surface area contributed by atoms with Gasteiger partial charge in [0.2, 0.25) is 0 Å². The highest BCUT2D eigenvalue weighted by Gasteiger charge is 2.30. The summed E-state index contributed by atoms with van der Waals surface area (Å²) in [4.78, 5) is 0. The zero-order chi connectivity index (χ0) is 10.3. The minimum absolute atomic E-state index is 0.475. The lowest BCUT2D eigenvalue weighted by Crippen LogP contribution is -2.39. The number of alkyl halides is 1.